The highest BCUT2D eigenvalue weighted by molar-refractivity contribution is 6.24. The average Bonchev–Trinajstić information content (AvgIpc) is 2.48. The standard InChI is InChI=1S/C14H18BN3O/c1-15-19-18-10-8-17(9-11-18)13-6-2-4-12-5-3-7-16-14(12)13/h2-7,15H,8-11H2,1H3. The highest BCUT2D eigenvalue weighted by Gasteiger charge is 2.18. The van der Waals surface area contributed by atoms with Gasteiger partial charge >= 0.3 is 7.48 Å². The van der Waals surface area contributed by atoms with Crippen LogP contribution in [0.2, 0.25) is 6.82 Å². The van der Waals surface area contributed by atoms with Crippen LogP contribution in [0.15, 0.2) is 36.5 Å². The molecule has 1 aromatic heterocycles. The molecular weight excluding hydrogens is 237 g/mol. The molecule has 0 N–H and O–H groups in total. The van der Waals surface area contributed by atoms with Gasteiger partial charge in [0.15, 0.2) is 0 Å². The summed E-state index contributed by atoms with van der Waals surface area (Å²) < 4.78 is 5.55. The second kappa shape index (κ2) is 5.59. The van der Waals surface area contributed by atoms with E-state index in [1.165, 1.54) is 11.1 Å². The number of aromatic nitrogens is 1. The van der Waals surface area contributed by atoms with Gasteiger partial charge in [-0.15, -0.1) is 0 Å². The van der Waals surface area contributed by atoms with Crippen molar-refractivity contribution in [1.29, 1.82) is 0 Å². The molecule has 19 heavy (non-hydrogen) atoms. The Hall–Kier alpha value is -1.59. The summed E-state index contributed by atoms with van der Waals surface area (Å²) in [4.78, 5) is 6.92. The minimum atomic E-state index is 0.746. The summed E-state index contributed by atoms with van der Waals surface area (Å²) in [6, 6.07) is 10.5. The van der Waals surface area contributed by atoms with Crippen LogP contribution in [0.25, 0.3) is 10.9 Å². The molecule has 0 amide bonds. The fraction of sp³-hybridized carbons (Fsp3) is 0.357. The number of benzene rings is 1. The first kappa shape index (κ1) is 12.4. The molecule has 1 saturated heterocycles. The van der Waals surface area contributed by atoms with Crippen molar-refractivity contribution in [3.05, 3.63) is 36.5 Å². The molecule has 1 aliphatic heterocycles. The summed E-state index contributed by atoms with van der Waals surface area (Å²) >= 11 is 0. The number of piperazine rings is 1. The van der Waals surface area contributed by atoms with E-state index in [4.69, 9.17) is 4.76 Å². The lowest BCUT2D eigenvalue weighted by molar-refractivity contribution is -0.0596. The zero-order chi connectivity index (χ0) is 13.1. The van der Waals surface area contributed by atoms with Gasteiger partial charge in [0, 0.05) is 37.8 Å². The van der Waals surface area contributed by atoms with Crippen LogP contribution in [0.1, 0.15) is 0 Å². The van der Waals surface area contributed by atoms with E-state index in [-0.39, 0.29) is 0 Å². The van der Waals surface area contributed by atoms with Gasteiger partial charge in [0.1, 0.15) is 0 Å². The first-order valence-corrected chi connectivity index (χ1v) is 6.85. The van der Waals surface area contributed by atoms with Crippen molar-refractivity contribution in [2.45, 2.75) is 6.82 Å². The van der Waals surface area contributed by atoms with Crippen LogP contribution in [0.5, 0.6) is 0 Å². The zero-order valence-electron chi connectivity index (χ0n) is 11.2. The van der Waals surface area contributed by atoms with E-state index < -0.39 is 0 Å². The van der Waals surface area contributed by atoms with Gasteiger partial charge in [0.25, 0.3) is 0 Å². The zero-order valence-corrected chi connectivity index (χ0v) is 11.2. The van der Waals surface area contributed by atoms with Gasteiger partial charge in [-0.25, -0.2) is 5.06 Å². The maximum absolute atomic E-state index is 5.55. The number of hydrogen-bond donors (Lipinski definition) is 0. The van der Waals surface area contributed by atoms with Crippen LogP contribution in [-0.2, 0) is 4.76 Å². The fourth-order valence-corrected chi connectivity index (χ4v) is 2.58. The van der Waals surface area contributed by atoms with Gasteiger partial charge in [0.2, 0.25) is 0 Å². The fourth-order valence-electron chi connectivity index (χ4n) is 2.58. The van der Waals surface area contributed by atoms with Crippen LogP contribution >= 0.6 is 0 Å². The molecule has 2 heterocycles. The SMILES string of the molecule is CBON1CCN(c2cccc3cccnc23)CC1. The summed E-state index contributed by atoms with van der Waals surface area (Å²) in [5, 5.41) is 3.25. The van der Waals surface area contributed by atoms with E-state index in [9.17, 15) is 0 Å². The van der Waals surface area contributed by atoms with Crippen molar-refractivity contribution in [3.63, 3.8) is 0 Å². The Morgan fingerprint density at radius 1 is 1.11 bits per heavy atom. The number of pyridine rings is 1. The second-order valence-corrected chi connectivity index (χ2v) is 4.69. The van der Waals surface area contributed by atoms with E-state index in [0.717, 1.165) is 39.2 Å². The van der Waals surface area contributed by atoms with Crippen LogP contribution < -0.4 is 4.90 Å². The molecule has 1 fully saturated rings. The van der Waals surface area contributed by atoms with Crippen molar-refractivity contribution >= 4 is 24.1 Å². The first-order valence-electron chi connectivity index (χ1n) is 6.85. The van der Waals surface area contributed by atoms with Crippen molar-refractivity contribution in [3.8, 4) is 0 Å². The van der Waals surface area contributed by atoms with Gasteiger partial charge in [-0.1, -0.05) is 25.0 Å². The smallest absolute Gasteiger partial charge is 0.301 e. The Labute approximate surface area is 114 Å². The summed E-state index contributed by atoms with van der Waals surface area (Å²) in [6.07, 6.45) is 1.86. The number of hydrogen-bond acceptors (Lipinski definition) is 4. The lowest BCUT2D eigenvalue weighted by Gasteiger charge is -2.35. The Kier molecular flexibility index (Phi) is 3.66. The third kappa shape index (κ3) is 2.57. The summed E-state index contributed by atoms with van der Waals surface area (Å²) in [5.74, 6) is 0. The lowest BCUT2D eigenvalue weighted by Crippen LogP contribution is -2.46. The Balaban J connectivity index is 1.82. The number of hydroxylamine groups is 2. The molecule has 0 unspecified atom stereocenters. The Morgan fingerprint density at radius 3 is 2.68 bits per heavy atom. The number of anilines is 1. The molecule has 0 atom stereocenters. The normalized spacial score (nSPS) is 16.8. The van der Waals surface area contributed by atoms with E-state index in [1.54, 1.807) is 0 Å². The molecule has 4 nitrogen and oxygen atoms in total. The van der Waals surface area contributed by atoms with Crippen LogP contribution in [0, 0.1) is 0 Å². The predicted octanol–water partition coefficient (Wildman–Crippen LogP) is 1.69. The molecular formula is C14H18BN3O. The largest absolute Gasteiger partial charge is 0.367 e. The van der Waals surface area contributed by atoms with Crippen LogP contribution in [0.3, 0.4) is 0 Å². The molecule has 0 bridgehead atoms. The molecule has 0 saturated carbocycles. The third-order valence-electron chi connectivity index (χ3n) is 3.50. The number of nitrogens with zero attached hydrogens (tertiary/aromatic N) is 3. The first-order chi connectivity index (χ1) is 9.38. The van der Waals surface area contributed by atoms with Crippen LogP contribution in [-0.4, -0.2) is 43.7 Å². The number of para-hydroxylation sites is 1. The molecule has 3 rings (SSSR count). The van der Waals surface area contributed by atoms with Gasteiger partial charge in [-0.2, -0.15) is 0 Å². The van der Waals surface area contributed by atoms with Crippen molar-refractivity contribution in [2.75, 3.05) is 31.1 Å². The molecule has 2 aromatic rings. The van der Waals surface area contributed by atoms with E-state index in [0.29, 0.717) is 0 Å². The lowest BCUT2D eigenvalue weighted by atomic mass is 10.1. The van der Waals surface area contributed by atoms with Crippen molar-refractivity contribution in [1.82, 2.24) is 10.0 Å². The third-order valence-corrected chi connectivity index (χ3v) is 3.50. The van der Waals surface area contributed by atoms with Crippen molar-refractivity contribution in [2.24, 2.45) is 0 Å². The molecule has 5 heteroatoms. The maximum atomic E-state index is 5.55. The van der Waals surface area contributed by atoms with Crippen molar-refractivity contribution < 1.29 is 4.76 Å². The molecule has 0 aliphatic carbocycles. The van der Waals surface area contributed by atoms with Gasteiger partial charge < -0.3 is 9.65 Å². The van der Waals surface area contributed by atoms with E-state index in [2.05, 4.69) is 39.2 Å². The van der Waals surface area contributed by atoms with E-state index in [1.807, 2.05) is 19.1 Å². The Bertz CT molecular complexity index is 550. The molecule has 1 aromatic carbocycles. The quantitative estimate of drug-likeness (QED) is 0.780. The minimum absolute atomic E-state index is 0.746. The maximum Gasteiger partial charge on any atom is 0.301 e. The highest BCUT2D eigenvalue weighted by atomic mass is 16.6. The average molecular weight is 255 g/mol. The molecule has 0 radical (unpaired) electrons. The second-order valence-electron chi connectivity index (χ2n) is 4.69. The number of fused-ring (bicyclic) bond motifs is 1. The molecule has 98 valence electrons. The summed E-state index contributed by atoms with van der Waals surface area (Å²) in [6.45, 7) is 5.88. The van der Waals surface area contributed by atoms with Gasteiger partial charge in [0.05, 0.1) is 11.2 Å². The Morgan fingerprint density at radius 2 is 1.89 bits per heavy atom. The van der Waals surface area contributed by atoms with E-state index >= 15 is 0 Å². The van der Waals surface area contributed by atoms with Gasteiger partial charge in [-0.05, 0) is 12.1 Å². The molecule has 1 aliphatic rings. The predicted molar refractivity (Wildman–Crippen MR) is 79.6 cm³/mol. The summed E-state index contributed by atoms with van der Waals surface area (Å²) in [7, 11) is 0.746. The highest BCUT2D eigenvalue weighted by Crippen LogP contribution is 2.25. The topological polar surface area (TPSA) is 28.6 Å². The van der Waals surface area contributed by atoms with Gasteiger partial charge in [-0.3, -0.25) is 4.98 Å². The van der Waals surface area contributed by atoms with Crippen LogP contribution in [0.4, 0.5) is 5.69 Å². The minimum Gasteiger partial charge on any atom is -0.367 e. The molecule has 0 spiro atoms. The monoisotopic (exact) mass is 255 g/mol. The summed E-state index contributed by atoms with van der Waals surface area (Å²) in [5.41, 5.74) is 2.32. The number of rotatable bonds is 3.